The molecule has 0 heterocycles. The maximum atomic E-state index is 6.16. The molecule has 2 atom stereocenters. The van der Waals surface area contributed by atoms with E-state index in [1.54, 1.807) is 0 Å². The van der Waals surface area contributed by atoms with Gasteiger partial charge in [0.05, 0.1) is 9.65 Å². The summed E-state index contributed by atoms with van der Waals surface area (Å²) in [6.07, 6.45) is 0.944. The fourth-order valence-corrected chi connectivity index (χ4v) is 7.11. The van der Waals surface area contributed by atoms with Crippen molar-refractivity contribution >= 4 is 127 Å². The largest absolute Gasteiger partial charge is 0.465 e. The summed E-state index contributed by atoms with van der Waals surface area (Å²) in [6.45, 7) is 2.18. The van der Waals surface area contributed by atoms with Gasteiger partial charge in [-0.1, -0.05) is 94.9 Å². The maximum absolute atomic E-state index is 6.16. The first-order chi connectivity index (χ1) is 14.5. The minimum Gasteiger partial charge on any atom is -0.465 e. The average molecular weight is 944 g/mol. The Bertz CT molecular complexity index is 778. The van der Waals surface area contributed by atoms with Crippen molar-refractivity contribution in [2.45, 2.75) is 35.8 Å². The molecule has 0 bridgehead atoms. The van der Waals surface area contributed by atoms with Gasteiger partial charge in [0.15, 0.2) is 0 Å². The third-order valence-electron chi connectivity index (χ3n) is 4.44. The third-order valence-corrected chi connectivity index (χ3v) is 14.7. The molecular formula is C21H20Br8O2. The Morgan fingerprint density at radius 3 is 1.45 bits per heavy atom. The molecule has 0 aliphatic rings. The summed E-state index contributed by atoms with van der Waals surface area (Å²) >= 11 is 28.6. The molecule has 172 valence electrons. The van der Waals surface area contributed by atoms with E-state index in [9.17, 15) is 0 Å². The highest BCUT2D eigenvalue weighted by atomic mass is 79.9. The molecule has 0 saturated carbocycles. The van der Waals surface area contributed by atoms with Gasteiger partial charge in [0.1, 0.15) is 11.5 Å². The van der Waals surface area contributed by atoms with Gasteiger partial charge in [-0.05, 0) is 106 Å². The first-order valence-electron chi connectivity index (χ1n) is 9.27. The van der Waals surface area contributed by atoms with Crippen molar-refractivity contribution in [3.8, 4) is 11.5 Å². The first kappa shape index (κ1) is 29.1. The lowest BCUT2D eigenvalue weighted by molar-refractivity contribution is 0.274. The SMILES string of the molecule is CCC(c1cccc(OC(Br)(Br)C(Br)CBr)c1)c1cccc(OC(Br)(Br)C(Br)CBr)c1. The second kappa shape index (κ2) is 13.3. The van der Waals surface area contributed by atoms with E-state index in [0.717, 1.165) is 28.6 Å². The quantitative estimate of drug-likeness (QED) is 0.209. The van der Waals surface area contributed by atoms with E-state index in [2.05, 4.69) is 159 Å². The standard InChI is InChI=1S/C21H20Br8O2/c1-2-17(13-5-3-7-15(9-13)30-20(26,27)18(24)11-22)14-6-4-8-16(10-14)31-21(28,29)19(25)12-23/h3-10,17-19H,2,11-12H2,1H3. The number of halogens is 8. The fourth-order valence-electron chi connectivity index (χ4n) is 2.88. The van der Waals surface area contributed by atoms with Crippen molar-refractivity contribution in [2.75, 3.05) is 10.7 Å². The summed E-state index contributed by atoms with van der Waals surface area (Å²) in [6, 6.07) is 16.4. The summed E-state index contributed by atoms with van der Waals surface area (Å²) in [5.74, 6) is 1.77. The van der Waals surface area contributed by atoms with Crippen LogP contribution in [0.4, 0.5) is 0 Å². The molecule has 2 rings (SSSR count). The highest BCUT2D eigenvalue weighted by Crippen LogP contribution is 2.41. The molecular weight excluding hydrogens is 923 g/mol. The van der Waals surface area contributed by atoms with E-state index in [4.69, 9.17) is 9.47 Å². The molecule has 0 aliphatic heterocycles. The second-order valence-electron chi connectivity index (χ2n) is 6.68. The zero-order chi connectivity index (χ0) is 23.2. The van der Waals surface area contributed by atoms with Crippen molar-refractivity contribution < 1.29 is 9.47 Å². The lowest BCUT2D eigenvalue weighted by atomic mass is 9.89. The van der Waals surface area contributed by atoms with Gasteiger partial charge >= 0.3 is 0 Å². The normalized spacial score (nSPS) is 15.3. The smallest absolute Gasteiger partial charge is 0.231 e. The minimum absolute atomic E-state index is 0.0333. The van der Waals surface area contributed by atoms with Gasteiger partial charge in [0.25, 0.3) is 0 Å². The van der Waals surface area contributed by atoms with Crippen LogP contribution in [-0.2, 0) is 0 Å². The van der Waals surface area contributed by atoms with Crippen LogP contribution in [0.5, 0.6) is 11.5 Å². The molecule has 2 nitrogen and oxygen atoms in total. The molecule has 0 N–H and O–H groups in total. The average Bonchev–Trinajstić information content (AvgIpc) is 2.73. The number of ether oxygens (including phenoxy) is 2. The van der Waals surface area contributed by atoms with Crippen LogP contribution in [0, 0.1) is 0 Å². The second-order valence-corrected chi connectivity index (χ2v) is 17.0. The number of hydrogen-bond acceptors (Lipinski definition) is 2. The zero-order valence-corrected chi connectivity index (χ0v) is 29.0. The molecule has 10 heteroatoms. The van der Waals surface area contributed by atoms with E-state index in [0.29, 0.717) is 0 Å². The van der Waals surface area contributed by atoms with Gasteiger partial charge < -0.3 is 9.47 Å². The molecule has 0 radical (unpaired) electrons. The number of alkyl halides is 8. The molecule has 0 aromatic heterocycles. The van der Waals surface area contributed by atoms with Gasteiger partial charge in [0.2, 0.25) is 6.84 Å². The Morgan fingerprint density at radius 1 is 0.742 bits per heavy atom. The molecule has 0 fully saturated rings. The summed E-state index contributed by atoms with van der Waals surface area (Å²) in [5, 5.41) is 1.45. The van der Waals surface area contributed by atoms with Crippen molar-refractivity contribution in [3.05, 3.63) is 59.7 Å². The molecule has 0 amide bonds. The van der Waals surface area contributed by atoms with Crippen LogP contribution in [0.3, 0.4) is 0 Å². The van der Waals surface area contributed by atoms with E-state index in [1.165, 1.54) is 11.1 Å². The molecule has 31 heavy (non-hydrogen) atoms. The third kappa shape index (κ3) is 8.50. The Balaban J connectivity index is 2.29. The van der Waals surface area contributed by atoms with Crippen LogP contribution in [-0.4, -0.2) is 27.2 Å². The van der Waals surface area contributed by atoms with Gasteiger partial charge in [-0.3, -0.25) is 0 Å². The number of benzene rings is 2. The summed E-state index contributed by atoms with van der Waals surface area (Å²) in [7, 11) is 0. The Labute approximate surface area is 251 Å². The summed E-state index contributed by atoms with van der Waals surface area (Å²) in [5.41, 5.74) is 2.36. The van der Waals surface area contributed by atoms with Gasteiger partial charge in [-0.2, -0.15) is 0 Å². The first-order valence-corrected chi connectivity index (χ1v) is 16.5. The predicted octanol–water partition coefficient (Wildman–Crippen LogP) is 10.2. The van der Waals surface area contributed by atoms with Crippen molar-refractivity contribution in [3.63, 3.8) is 0 Å². The fraction of sp³-hybridized carbons (Fsp3) is 0.429. The van der Waals surface area contributed by atoms with E-state index in [1.807, 2.05) is 24.3 Å². The van der Waals surface area contributed by atoms with Crippen LogP contribution in [0.25, 0.3) is 0 Å². The molecule has 2 aromatic carbocycles. The molecule has 0 saturated heterocycles. The van der Waals surface area contributed by atoms with E-state index < -0.39 is 6.84 Å². The van der Waals surface area contributed by atoms with Gasteiger partial charge in [0, 0.05) is 16.6 Å². The molecule has 2 aromatic rings. The summed E-state index contributed by atoms with van der Waals surface area (Å²) in [4.78, 5) is 0.0667. The monoisotopic (exact) mass is 935 g/mol. The Kier molecular flexibility index (Phi) is 12.5. The zero-order valence-electron chi connectivity index (χ0n) is 16.3. The summed E-state index contributed by atoms with van der Waals surface area (Å²) < 4.78 is 10.9. The lowest BCUT2D eigenvalue weighted by Crippen LogP contribution is -2.32. The van der Waals surface area contributed by atoms with Gasteiger partial charge in [-0.25, -0.2) is 0 Å². The number of hydrogen-bond donors (Lipinski definition) is 0. The molecule has 0 spiro atoms. The van der Waals surface area contributed by atoms with Crippen LogP contribution in [0.1, 0.15) is 30.4 Å². The maximum Gasteiger partial charge on any atom is 0.231 e. The number of rotatable bonds is 11. The molecule has 2 unspecified atom stereocenters. The topological polar surface area (TPSA) is 18.5 Å². The Morgan fingerprint density at radius 2 is 1.13 bits per heavy atom. The van der Waals surface area contributed by atoms with E-state index in [-0.39, 0.29) is 15.6 Å². The predicted molar refractivity (Wildman–Crippen MR) is 160 cm³/mol. The van der Waals surface area contributed by atoms with Crippen molar-refractivity contribution in [1.29, 1.82) is 0 Å². The molecule has 0 aliphatic carbocycles. The van der Waals surface area contributed by atoms with Gasteiger partial charge in [-0.15, -0.1) is 0 Å². The van der Waals surface area contributed by atoms with Crippen LogP contribution in [0.2, 0.25) is 0 Å². The van der Waals surface area contributed by atoms with Crippen LogP contribution in [0.15, 0.2) is 48.5 Å². The lowest BCUT2D eigenvalue weighted by Gasteiger charge is -2.27. The van der Waals surface area contributed by atoms with Crippen LogP contribution >= 0.6 is 127 Å². The van der Waals surface area contributed by atoms with Crippen molar-refractivity contribution in [2.24, 2.45) is 0 Å². The van der Waals surface area contributed by atoms with Crippen molar-refractivity contribution in [1.82, 2.24) is 0 Å². The minimum atomic E-state index is -0.714. The highest BCUT2D eigenvalue weighted by Gasteiger charge is 2.34. The Hall–Kier alpha value is 1.88. The van der Waals surface area contributed by atoms with E-state index >= 15 is 0 Å². The highest BCUT2D eigenvalue weighted by molar-refractivity contribution is 9.26. The van der Waals surface area contributed by atoms with Crippen LogP contribution < -0.4 is 9.47 Å².